The second-order valence-corrected chi connectivity index (χ2v) is 19.0. The van der Waals surface area contributed by atoms with Crippen LogP contribution in [0.1, 0.15) is 27.2 Å². The van der Waals surface area contributed by atoms with Gasteiger partial charge in [-0.1, -0.05) is 33.9 Å². The monoisotopic (exact) mass is 294 g/mol. The van der Waals surface area contributed by atoms with Crippen LogP contribution in [0.15, 0.2) is 0 Å². The van der Waals surface area contributed by atoms with Crippen LogP contribution in [0, 0.1) is 0 Å². The smallest absolute Gasteiger partial charge is 0.334 e. The molecule has 0 rings (SSSR count). The minimum absolute atomic E-state index is 0.473. The van der Waals surface area contributed by atoms with E-state index in [-0.39, 0.29) is 0 Å². The highest BCUT2D eigenvalue weighted by Gasteiger charge is 2.36. The first kappa shape index (κ1) is 17.7. The summed E-state index contributed by atoms with van der Waals surface area (Å²) in [7, 11) is 0.540. The molecule has 0 bridgehead atoms. The van der Waals surface area contributed by atoms with Crippen LogP contribution in [0.25, 0.3) is 0 Å². The van der Waals surface area contributed by atoms with Crippen molar-refractivity contribution in [2.24, 2.45) is 0 Å². The van der Waals surface area contributed by atoms with Gasteiger partial charge in [-0.25, -0.2) is 0 Å². The van der Waals surface area contributed by atoms with Gasteiger partial charge in [-0.3, -0.25) is 0 Å². The topological polar surface area (TPSA) is 18.5 Å². The maximum atomic E-state index is 5.51. The Labute approximate surface area is 114 Å². The Kier molecular flexibility index (Phi) is 7.03. The minimum Gasteiger partial charge on any atom is -0.398 e. The Hall–Kier alpha value is 0.704. The maximum Gasteiger partial charge on any atom is 0.334 e. The standard InChI is InChI=1S/C12H30O2SSi2/c1-12(2,3)16(6,7)15-10-9-11-17(8,13-4)14-5/h9-11H2,1-8H3. The molecular weight excluding hydrogens is 264 g/mol. The summed E-state index contributed by atoms with van der Waals surface area (Å²) < 4.78 is 11.0. The lowest BCUT2D eigenvalue weighted by Crippen LogP contribution is -2.37. The lowest BCUT2D eigenvalue weighted by molar-refractivity contribution is 0.249. The van der Waals surface area contributed by atoms with Gasteiger partial charge >= 0.3 is 8.56 Å². The van der Waals surface area contributed by atoms with Gasteiger partial charge < -0.3 is 8.85 Å². The van der Waals surface area contributed by atoms with E-state index in [1.807, 2.05) is 0 Å². The van der Waals surface area contributed by atoms with E-state index >= 15 is 0 Å². The third kappa shape index (κ3) is 5.92. The molecule has 5 heteroatoms. The first-order valence-corrected chi connectivity index (χ1v) is 13.6. The Balaban J connectivity index is 4.01. The fraction of sp³-hybridized carbons (Fsp3) is 1.00. The van der Waals surface area contributed by atoms with Crippen LogP contribution in [0.2, 0.25) is 30.7 Å². The van der Waals surface area contributed by atoms with Gasteiger partial charge in [-0.2, -0.15) is 11.2 Å². The van der Waals surface area contributed by atoms with Gasteiger partial charge in [0.2, 0.25) is 0 Å². The minimum atomic E-state index is -1.84. The average molecular weight is 295 g/mol. The van der Waals surface area contributed by atoms with Gasteiger partial charge in [-0.05, 0) is 29.8 Å². The van der Waals surface area contributed by atoms with E-state index < -0.39 is 15.8 Å². The van der Waals surface area contributed by atoms with Crippen LogP contribution in [0.4, 0.5) is 0 Å². The van der Waals surface area contributed by atoms with Gasteiger partial charge in [0.1, 0.15) is 7.22 Å². The van der Waals surface area contributed by atoms with E-state index in [2.05, 4.69) is 51.6 Å². The zero-order chi connectivity index (χ0) is 13.7. The average Bonchev–Trinajstić information content (AvgIpc) is 2.22. The van der Waals surface area contributed by atoms with Crippen LogP contribution < -0.4 is 0 Å². The quantitative estimate of drug-likeness (QED) is 0.509. The van der Waals surface area contributed by atoms with Crippen molar-refractivity contribution in [3.63, 3.8) is 0 Å². The largest absolute Gasteiger partial charge is 0.398 e. The van der Waals surface area contributed by atoms with Crippen molar-refractivity contribution in [2.75, 3.05) is 20.0 Å². The van der Waals surface area contributed by atoms with Crippen LogP contribution in [-0.4, -0.2) is 35.8 Å². The van der Waals surface area contributed by atoms with Crippen LogP contribution in [0.5, 0.6) is 0 Å². The third-order valence-corrected chi connectivity index (χ3v) is 16.3. The van der Waals surface area contributed by atoms with E-state index in [1.54, 1.807) is 14.2 Å². The summed E-state index contributed by atoms with van der Waals surface area (Å²) in [5, 5.41) is 0.473. The van der Waals surface area contributed by atoms with Crippen molar-refractivity contribution in [3.05, 3.63) is 0 Å². The van der Waals surface area contributed by atoms with Crippen molar-refractivity contribution in [1.29, 1.82) is 0 Å². The summed E-state index contributed by atoms with van der Waals surface area (Å²) in [5.41, 5.74) is 0. The summed E-state index contributed by atoms with van der Waals surface area (Å²) >= 11 is 2.20. The molecule has 0 atom stereocenters. The van der Waals surface area contributed by atoms with E-state index in [1.165, 1.54) is 12.2 Å². The summed E-state index contributed by atoms with van der Waals surface area (Å²) in [6.45, 7) is 14.2. The van der Waals surface area contributed by atoms with Gasteiger partial charge in [0.25, 0.3) is 0 Å². The molecule has 0 radical (unpaired) electrons. The molecule has 0 fully saturated rings. The predicted octanol–water partition coefficient (Wildman–Crippen LogP) is 4.48. The first-order chi connectivity index (χ1) is 7.58. The molecule has 0 unspecified atom stereocenters. The molecule has 0 aromatic carbocycles. The normalized spacial score (nSPS) is 14.1. The Morgan fingerprint density at radius 1 is 1.00 bits per heavy atom. The molecule has 0 saturated heterocycles. The lowest BCUT2D eigenvalue weighted by atomic mass is 10.2. The molecule has 0 heterocycles. The molecular formula is C12H30O2SSi2. The number of hydrogen-bond donors (Lipinski definition) is 0. The third-order valence-electron chi connectivity index (χ3n) is 3.91. The molecule has 0 aromatic heterocycles. The molecule has 0 amide bonds. The second kappa shape index (κ2) is 6.75. The highest BCUT2D eigenvalue weighted by atomic mass is 32.4. The molecule has 0 aromatic rings. The number of hydrogen-bond acceptors (Lipinski definition) is 3. The predicted molar refractivity (Wildman–Crippen MR) is 84.7 cm³/mol. The molecule has 0 aliphatic rings. The van der Waals surface area contributed by atoms with Gasteiger partial charge in [0, 0.05) is 14.2 Å². The summed E-state index contributed by atoms with van der Waals surface area (Å²) in [6.07, 6.45) is 1.21. The zero-order valence-electron chi connectivity index (χ0n) is 12.8. The molecule has 0 N–H and O–H groups in total. The van der Waals surface area contributed by atoms with E-state index in [0.29, 0.717) is 5.04 Å². The van der Waals surface area contributed by atoms with Gasteiger partial charge in [-0.15, -0.1) is 0 Å². The van der Waals surface area contributed by atoms with Crippen LogP contribution >= 0.6 is 11.2 Å². The highest BCUT2D eigenvalue weighted by molar-refractivity contribution is 8.29. The van der Waals surface area contributed by atoms with Crippen LogP contribution in [0.3, 0.4) is 0 Å². The molecule has 0 aliphatic heterocycles. The van der Waals surface area contributed by atoms with Crippen molar-refractivity contribution in [2.45, 2.75) is 57.9 Å². The van der Waals surface area contributed by atoms with Crippen molar-refractivity contribution < 1.29 is 8.85 Å². The Morgan fingerprint density at radius 2 is 1.47 bits per heavy atom. The molecule has 104 valence electrons. The van der Waals surface area contributed by atoms with E-state index in [9.17, 15) is 0 Å². The first-order valence-electron chi connectivity index (χ1n) is 6.32. The van der Waals surface area contributed by atoms with Crippen molar-refractivity contribution in [3.8, 4) is 0 Å². The van der Waals surface area contributed by atoms with Crippen LogP contribution in [-0.2, 0) is 8.85 Å². The molecule has 0 saturated carbocycles. The van der Waals surface area contributed by atoms with Crippen molar-refractivity contribution in [1.82, 2.24) is 0 Å². The molecule has 2 nitrogen and oxygen atoms in total. The second-order valence-electron chi connectivity index (χ2n) is 6.25. The fourth-order valence-corrected chi connectivity index (χ4v) is 7.37. The van der Waals surface area contributed by atoms with Gasteiger partial charge in [0.15, 0.2) is 0 Å². The molecule has 0 spiro atoms. The van der Waals surface area contributed by atoms with Crippen molar-refractivity contribution >= 4 is 27.0 Å². The number of rotatable bonds is 7. The highest BCUT2D eigenvalue weighted by Crippen LogP contribution is 2.43. The summed E-state index contributed by atoms with van der Waals surface area (Å²) in [5.74, 6) is 1.24. The Bertz CT molecular complexity index is 223. The summed E-state index contributed by atoms with van der Waals surface area (Å²) in [4.78, 5) is 0. The SMILES string of the molecule is CO[Si](C)(CCCS[Si](C)(C)C(C)(C)C)OC. The fourth-order valence-electron chi connectivity index (χ4n) is 1.22. The maximum absolute atomic E-state index is 5.51. The zero-order valence-corrected chi connectivity index (χ0v) is 15.7. The van der Waals surface area contributed by atoms with Gasteiger partial charge in [0.05, 0.1) is 0 Å². The molecule has 17 heavy (non-hydrogen) atoms. The summed E-state index contributed by atoms with van der Waals surface area (Å²) in [6, 6.07) is 1.10. The Morgan fingerprint density at radius 3 is 1.82 bits per heavy atom. The molecule has 0 aliphatic carbocycles. The van der Waals surface area contributed by atoms with E-state index in [0.717, 1.165) is 6.04 Å². The van der Waals surface area contributed by atoms with E-state index in [4.69, 9.17) is 8.85 Å². The lowest BCUT2D eigenvalue weighted by Gasteiger charge is -2.36.